The maximum Gasteiger partial charge on any atom is 0.00935 e. The molecule has 1 fully saturated rings. The molecule has 0 aliphatic heterocycles. The smallest absolute Gasteiger partial charge is 0.00935 e. The first-order chi connectivity index (χ1) is 4.87. The van der Waals surface area contributed by atoms with Crippen molar-refractivity contribution in [2.45, 2.75) is 46.6 Å². The Hall–Kier alpha value is -0.0400. The van der Waals surface area contributed by atoms with Crippen LogP contribution in [0.25, 0.3) is 0 Å². The lowest BCUT2D eigenvalue weighted by Gasteiger charge is -2.15. The molecule has 0 aromatic rings. The molecule has 1 saturated carbocycles. The standard InChI is InChI=1S/C5H13N.C5H10/c1-5(2,3)6-4;1-4-3-5(4)2/h6H,1-4H3;4-5H,3H2,1-2H3. The monoisotopic (exact) mass is 157 g/mol. The van der Waals surface area contributed by atoms with Gasteiger partial charge < -0.3 is 5.32 Å². The summed E-state index contributed by atoms with van der Waals surface area (Å²) in [6.07, 6.45) is 1.47. The summed E-state index contributed by atoms with van der Waals surface area (Å²) < 4.78 is 0. The number of nitrogens with one attached hydrogen (secondary N) is 1. The number of hydrogen-bond donors (Lipinski definition) is 1. The minimum Gasteiger partial charge on any atom is -0.315 e. The van der Waals surface area contributed by atoms with Gasteiger partial charge in [-0.05, 0) is 46.1 Å². The zero-order valence-electron chi connectivity index (χ0n) is 8.86. The van der Waals surface area contributed by atoms with Crippen molar-refractivity contribution in [3.8, 4) is 0 Å². The Kier molecular flexibility index (Phi) is 4.09. The highest BCUT2D eigenvalue weighted by Crippen LogP contribution is 2.36. The van der Waals surface area contributed by atoms with Crippen molar-refractivity contribution in [2.75, 3.05) is 7.05 Å². The first kappa shape index (κ1) is 11.0. The van der Waals surface area contributed by atoms with Crippen LogP contribution in [0.4, 0.5) is 0 Å². The fraction of sp³-hybridized carbons (Fsp3) is 1.00. The minimum atomic E-state index is 0.292. The predicted octanol–water partition coefficient (Wildman–Crippen LogP) is 2.67. The summed E-state index contributed by atoms with van der Waals surface area (Å²) in [6, 6.07) is 0. The van der Waals surface area contributed by atoms with E-state index in [2.05, 4.69) is 39.9 Å². The summed E-state index contributed by atoms with van der Waals surface area (Å²) in [5, 5.41) is 3.10. The second-order valence-corrected chi connectivity index (χ2v) is 4.69. The number of hydrogen-bond acceptors (Lipinski definition) is 1. The Bertz CT molecular complexity index is 95.9. The quantitative estimate of drug-likeness (QED) is 0.570. The highest BCUT2D eigenvalue weighted by molar-refractivity contribution is 4.76. The van der Waals surface area contributed by atoms with E-state index in [0.717, 1.165) is 11.8 Å². The maximum atomic E-state index is 3.10. The molecule has 1 nitrogen and oxygen atoms in total. The lowest BCUT2D eigenvalue weighted by atomic mass is 10.1. The van der Waals surface area contributed by atoms with Crippen LogP contribution in [0.5, 0.6) is 0 Å². The van der Waals surface area contributed by atoms with E-state index in [1.807, 2.05) is 7.05 Å². The third kappa shape index (κ3) is 7.86. The van der Waals surface area contributed by atoms with E-state index >= 15 is 0 Å². The molecule has 11 heavy (non-hydrogen) atoms. The summed E-state index contributed by atoms with van der Waals surface area (Å²) >= 11 is 0. The van der Waals surface area contributed by atoms with Crippen molar-refractivity contribution in [1.29, 1.82) is 0 Å². The molecule has 2 unspecified atom stereocenters. The third-order valence-electron chi connectivity index (χ3n) is 2.26. The van der Waals surface area contributed by atoms with Crippen molar-refractivity contribution in [3.05, 3.63) is 0 Å². The predicted molar refractivity (Wildman–Crippen MR) is 51.8 cm³/mol. The molecule has 0 bridgehead atoms. The molecule has 1 heteroatoms. The van der Waals surface area contributed by atoms with Crippen LogP contribution < -0.4 is 5.32 Å². The van der Waals surface area contributed by atoms with Gasteiger partial charge in [0.15, 0.2) is 0 Å². The molecule has 1 rings (SSSR count). The fourth-order valence-electron chi connectivity index (χ4n) is 0.508. The van der Waals surface area contributed by atoms with Crippen LogP contribution in [0, 0.1) is 11.8 Å². The van der Waals surface area contributed by atoms with Gasteiger partial charge in [-0.3, -0.25) is 0 Å². The first-order valence-corrected chi connectivity index (χ1v) is 4.55. The van der Waals surface area contributed by atoms with Crippen LogP contribution >= 0.6 is 0 Å². The van der Waals surface area contributed by atoms with E-state index in [1.165, 1.54) is 6.42 Å². The van der Waals surface area contributed by atoms with Crippen LogP contribution in [0.15, 0.2) is 0 Å². The molecule has 0 aromatic carbocycles. The SMILES string of the molecule is CC1CC1C.CNC(C)(C)C. The molecular formula is C10H23N. The van der Waals surface area contributed by atoms with Crippen LogP contribution in [-0.4, -0.2) is 12.6 Å². The van der Waals surface area contributed by atoms with Gasteiger partial charge in [-0.15, -0.1) is 0 Å². The van der Waals surface area contributed by atoms with Gasteiger partial charge in [-0.1, -0.05) is 13.8 Å². The molecule has 0 radical (unpaired) electrons. The summed E-state index contributed by atoms with van der Waals surface area (Å²) in [5.74, 6) is 2.10. The Labute approximate surface area is 71.6 Å². The zero-order chi connectivity index (χ0) is 9.07. The summed E-state index contributed by atoms with van der Waals surface area (Å²) in [5.41, 5.74) is 0.292. The first-order valence-electron chi connectivity index (χ1n) is 4.55. The third-order valence-corrected chi connectivity index (χ3v) is 2.26. The van der Waals surface area contributed by atoms with Gasteiger partial charge in [0.25, 0.3) is 0 Å². The van der Waals surface area contributed by atoms with Crippen LogP contribution in [0.3, 0.4) is 0 Å². The van der Waals surface area contributed by atoms with Crippen molar-refractivity contribution in [2.24, 2.45) is 11.8 Å². The zero-order valence-corrected chi connectivity index (χ0v) is 8.86. The van der Waals surface area contributed by atoms with Crippen molar-refractivity contribution >= 4 is 0 Å². The summed E-state index contributed by atoms with van der Waals surface area (Å²) in [4.78, 5) is 0. The van der Waals surface area contributed by atoms with E-state index in [1.54, 1.807) is 0 Å². The van der Waals surface area contributed by atoms with Gasteiger partial charge in [0, 0.05) is 5.54 Å². The normalized spacial score (nSPS) is 28.9. The molecule has 68 valence electrons. The topological polar surface area (TPSA) is 12.0 Å². The number of rotatable bonds is 0. The molecule has 0 heterocycles. The van der Waals surface area contributed by atoms with Crippen LogP contribution in [0.1, 0.15) is 41.0 Å². The van der Waals surface area contributed by atoms with Crippen molar-refractivity contribution in [3.63, 3.8) is 0 Å². The second-order valence-electron chi connectivity index (χ2n) is 4.69. The van der Waals surface area contributed by atoms with E-state index in [-0.39, 0.29) is 0 Å². The van der Waals surface area contributed by atoms with E-state index in [4.69, 9.17) is 0 Å². The van der Waals surface area contributed by atoms with Crippen molar-refractivity contribution < 1.29 is 0 Å². The van der Waals surface area contributed by atoms with E-state index < -0.39 is 0 Å². The minimum absolute atomic E-state index is 0.292. The largest absolute Gasteiger partial charge is 0.315 e. The molecule has 1 aliphatic carbocycles. The molecule has 2 atom stereocenters. The Morgan fingerprint density at radius 1 is 1.09 bits per heavy atom. The van der Waals surface area contributed by atoms with Gasteiger partial charge in [-0.25, -0.2) is 0 Å². The van der Waals surface area contributed by atoms with Gasteiger partial charge in [0.2, 0.25) is 0 Å². The Morgan fingerprint density at radius 3 is 1.27 bits per heavy atom. The average Bonchev–Trinajstić information content (AvgIpc) is 2.45. The Balaban J connectivity index is 0.000000183. The van der Waals surface area contributed by atoms with E-state index in [9.17, 15) is 0 Å². The lowest BCUT2D eigenvalue weighted by Crippen LogP contribution is -2.31. The van der Waals surface area contributed by atoms with Gasteiger partial charge in [0.05, 0.1) is 0 Å². The molecule has 0 spiro atoms. The molecular weight excluding hydrogens is 134 g/mol. The summed E-state index contributed by atoms with van der Waals surface area (Å²) in [7, 11) is 1.96. The fourth-order valence-corrected chi connectivity index (χ4v) is 0.508. The second kappa shape index (κ2) is 4.10. The highest BCUT2D eigenvalue weighted by atomic mass is 14.9. The molecule has 0 amide bonds. The van der Waals surface area contributed by atoms with Crippen LogP contribution in [0.2, 0.25) is 0 Å². The lowest BCUT2D eigenvalue weighted by molar-refractivity contribution is 0.469. The van der Waals surface area contributed by atoms with Gasteiger partial charge >= 0.3 is 0 Å². The molecule has 0 saturated heterocycles. The van der Waals surface area contributed by atoms with Gasteiger partial charge in [0.1, 0.15) is 0 Å². The van der Waals surface area contributed by atoms with Crippen LogP contribution in [-0.2, 0) is 0 Å². The Morgan fingerprint density at radius 2 is 1.27 bits per heavy atom. The van der Waals surface area contributed by atoms with Gasteiger partial charge in [-0.2, -0.15) is 0 Å². The molecule has 1 N–H and O–H groups in total. The average molecular weight is 157 g/mol. The molecule has 0 aromatic heterocycles. The summed E-state index contributed by atoms with van der Waals surface area (Å²) in [6.45, 7) is 11.0. The van der Waals surface area contributed by atoms with Crippen molar-refractivity contribution in [1.82, 2.24) is 5.32 Å². The molecule has 1 aliphatic rings. The van der Waals surface area contributed by atoms with E-state index in [0.29, 0.717) is 5.54 Å². The highest BCUT2D eigenvalue weighted by Gasteiger charge is 2.26. The maximum absolute atomic E-state index is 3.10.